The number of hydrogen-bond donors (Lipinski definition) is 0. The molecule has 9 heteroatoms. The van der Waals surface area contributed by atoms with Gasteiger partial charge in [0.25, 0.3) is 10.2 Å². The molecule has 1 aromatic carbocycles. The van der Waals surface area contributed by atoms with E-state index in [1.165, 1.54) is 35.9 Å². The third-order valence-corrected chi connectivity index (χ3v) is 7.43. The van der Waals surface area contributed by atoms with Crippen LogP contribution in [-0.2, 0) is 21.5 Å². The molecule has 3 rings (SSSR count). The predicted molar refractivity (Wildman–Crippen MR) is 98.8 cm³/mol. The van der Waals surface area contributed by atoms with Gasteiger partial charge in [-0.05, 0) is 37.5 Å². The molecule has 27 heavy (non-hydrogen) atoms. The summed E-state index contributed by atoms with van der Waals surface area (Å²) in [6.45, 7) is 1.21. The van der Waals surface area contributed by atoms with Crippen LogP contribution < -0.4 is 4.74 Å². The van der Waals surface area contributed by atoms with E-state index >= 15 is 0 Å². The summed E-state index contributed by atoms with van der Waals surface area (Å²) in [4.78, 5) is 14.8. The third-order valence-electron chi connectivity index (χ3n) is 5.54. The van der Waals surface area contributed by atoms with Gasteiger partial charge in [-0.15, -0.1) is 0 Å². The van der Waals surface area contributed by atoms with Crippen molar-refractivity contribution in [1.29, 1.82) is 0 Å². The van der Waals surface area contributed by atoms with Crippen LogP contribution in [0.2, 0.25) is 0 Å². The highest BCUT2D eigenvalue weighted by Gasteiger charge is 2.51. The van der Waals surface area contributed by atoms with Crippen molar-refractivity contribution >= 4 is 16.1 Å². The lowest BCUT2D eigenvalue weighted by atomic mass is 9.78. The number of nitrogens with zero attached hydrogens (tertiary/aromatic N) is 3. The standard InChI is InChI=1S/C18H26FN3O4S/c1-20(2)27(24,25)22-10-8-18(13-22)7-4-9-21(17(18)23)12-14-11-15(26-3)5-6-16(14)19/h5-6,11H,4,7-10,12-13H2,1-3H3/t18-/m0/s1. The molecule has 2 aliphatic rings. The molecule has 0 saturated carbocycles. The van der Waals surface area contributed by atoms with Crippen molar-refractivity contribution in [3.05, 3.63) is 29.6 Å². The van der Waals surface area contributed by atoms with E-state index in [-0.39, 0.29) is 24.8 Å². The number of ether oxygens (including phenoxy) is 1. The van der Waals surface area contributed by atoms with Crippen molar-refractivity contribution in [2.75, 3.05) is 40.8 Å². The van der Waals surface area contributed by atoms with Crippen LogP contribution in [0.5, 0.6) is 5.75 Å². The predicted octanol–water partition coefficient (Wildman–Crippen LogP) is 1.46. The normalized spacial score (nSPS) is 24.2. The molecule has 150 valence electrons. The number of amides is 1. The van der Waals surface area contributed by atoms with E-state index in [4.69, 9.17) is 4.74 Å². The molecule has 0 bridgehead atoms. The molecule has 1 amide bonds. The van der Waals surface area contributed by atoms with Crippen molar-refractivity contribution in [3.8, 4) is 5.75 Å². The van der Waals surface area contributed by atoms with Gasteiger partial charge in [-0.25, -0.2) is 4.39 Å². The number of carbonyl (C=O) groups is 1. The van der Waals surface area contributed by atoms with Crippen LogP contribution >= 0.6 is 0 Å². The molecule has 0 radical (unpaired) electrons. The summed E-state index contributed by atoms with van der Waals surface area (Å²) in [6, 6.07) is 4.47. The molecule has 2 heterocycles. The van der Waals surface area contributed by atoms with Crippen LogP contribution in [0.4, 0.5) is 4.39 Å². The summed E-state index contributed by atoms with van der Waals surface area (Å²) in [5, 5.41) is 0. The van der Waals surface area contributed by atoms with Gasteiger partial charge < -0.3 is 9.64 Å². The lowest BCUT2D eigenvalue weighted by molar-refractivity contribution is -0.146. The lowest BCUT2D eigenvalue weighted by Crippen LogP contribution is -2.50. The average Bonchev–Trinajstić information content (AvgIpc) is 3.06. The number of halogens is 1. The highest BCUT2D eigenvalue weighted by atomic mass is 32.2. The number of piperidine rings is 1. The van der Waals surface area contributed by atoms with Crippen LogP contribution in [-0.4, -0.2) is 68.7 Å². The van der Waals surface area contributed by atoms with Crippen molar-refractivity contribution < 1.29 is 22.3 Å². The lowest BCUT2D eigenvalue weighted by Gasteiger charge is -2.39. The minimum absolute atomic E-state index is 0.0903. The quantitative estimate of drug-likeness (QED) is 0.752. The first-order valence-corrected chi connectivity index (χ1v) is 10.4. The van der Waals surface area contributed by atoms with Gasteiger partial charge in [0, 0.05) is 45.8 Å². The second-order valence-corrected chi connectivity index (χ2v) is 9.58. The van der Waals surface area contributed by atoms with Crippen molar-refractivity contribution in [2.24, 2.45) is 5.41 Å². The summed E-state index contributed by atoms with van der Waals surface area (Å²) < 4.78 is 46.7. The number of likely N-dealkylation sites (tertiary alicyclic amines) is 1. The highest BCUT2D eigenvalue weighted by Crippen LogP contribution is 2.41. The Morgan fingerprint density at radius 2 is 2.00 bits per heavy atom. The zero-order valence-electron chi connectivity index (χ0n) is 15.9. The van der Waals surface area contributed by atoms with Crippen LogP contribution in [0.15, 0.2) is 18.2 Å². The van der Waals surface area contributed by atoms with E-state index in [9.17, 15) is 17.6 Å². The topological polar surface area (TPSA) is 70.2 Å². The Balaban J connectivity index is 1.79. The maximum absolute atomic E-state index is 14.2. The fraction of sp³-hybridized carbons (Fsp3) is 0.611. The van der Waals surface area contributed by atoms with Crippen molar-refractivity contribution in [3.63, 3.8) is 0 Å². The second-order valence-electron chi connectivity index (χ2n) is 7.44. The molecule has 7 nitrogen and oxygen atoms in total. The minimum Gasteiger partial charge on any atom is -0.497 e. The Bertz CT molecular complexity index is 830. The summed E-state index contributed by atoms with van der Waals surface area (Å²) in [5.74, 6) is 0.0635. The molecule has 2 saturated heterocycles. The second kappa shape index (κ2) is 7.37. The van der Waals surface area contributed by atoms with E-state index in [0.717, 1.165) is 6.42 Å². The molecule has 0 N–H and O–H groups in total. The van der Waals surface area contributed by atoms with E-state index in [2.05, 4.69) is 0 Å². The Morgan fingerprint density at radius 1 is 1.26 bits per heavy atom. The van der Waals surface area contributed by atoms with Gasteiger partial charge in [-0.1, -0.05) is 0 Å². The summed E-state index contributed by atoms with van der Waals surface area (Å²) in [5.41, 5.74) is -0.313. The van der Waals surface area contributed by atoms with Gasteiger partial charge in [0.1, 0.15) is 11.6 Å². The fourth-order valence-corrected chi connectivity index (χ4v) is 5.14. The Labute approximate surface area is 159 Å². The number of hydrogen-bond acceptors (Lipinski definition) is 4. The minimum atomic E-state index is -3.55. The third kappa shape index (κ3) is 3.68. The molecule has 0 aliphatic carbocycles. The molecule has 1 spiro atoms. The summed E-state index contributed by atoms with van der Waals surface area (Å²) >= 11 is 0. The van der Waals surface area contributed by atoms with Gasteiger partial charge in [0.15, 0.2) is 0 Å². The van der Waals surface area contributed by atoms with Crippen molar-refractivity contribution in [2.45, 2.75) is 25.8 Å². The van der Waals surface area contributed by atoms with Crippen molar-refractivity contribution in [1.82, 2.24) is 13.5 Å². The average molecular weight is 399 g/mol. The van der Waals surface area contributed by atoms with Gasteiger partial charge in [-0.3, -0.25) is 4.79 Å². The van der Waals surface area contributed by atoms with Crippen LogP contribution in [0.3, 0.4) is 0 Å². The van der Waals surface area contributed by atoms with E-state index in [1.807, 2.05) is 0 Å². The van der Waals surface area contributed by atoms with E-state index in [1.54, 1.807) is 17.0 Å². The Hall–Kier alpha value is -1.71. The summed E-state index contributed by atoms with van der Waals surface area (Å²) in [6.07, 6.45) is 1.92. The Morgan fingerprint density at radius 3 is 2.67 bits per heavy atom. The van der Waals surface area contributed by atoms with Gasteiger partial charge in [0.05, 0.1) is 12.5 Å². The largest absolute Gasteiger partial charge is 0.497 e. The highest BCUT2D eigenvalue weighted by molar-refractivity contribution is 7.86. The van der Waals surface area contributed by atoms with Crippen LogP contribution in [0.1, 0.15) is 24.8 Å². The van der Waals surface area contributed by atoms with Crippen LogP contribution in [0, 0.1) is 11.2 Å². The summed E-state index contributed by atoms with van der Waals surface area (Å²) in [7, 11) is 0.936. The zero-order valence-corrected chi connectivity index (χ0v) is 16.8. The maximum atomic E-state index is 14.2. The number of carbonyl (C=O) groups excluding carboxylic acids is 1. The van der Waals surface area contributed by atoms with E-state index in [0.29, 0.717) is 37.2 Å². The molecular weight excluding hydrogens is 373 g/mol. The first-order valence-electron chi connectivity index (χ1n) is 8.99. The molecule has 2 aliphatic heterocycles. The first kappa shape index (κ1) is 20.0. The Kier molecular flexibility index (Phi) is 5.47. The zero-order chi connectivity index (χ0) is 19.8. The fourth-order valence-electron chi connectivity index (χ4n) is 3.95. The maximum Gasteiger partial charge on any atom is 0.281 e. The van der Waals surface area contributed by atoms with Gasteiger partial charge in [-0.2, -0.15) is 17.0 Å². The van der Waals surface area contributed by atoms with E-state index < -0.39 is 15.6 Å². The molecule has 1 atom stereocenters. The number of methoxy groups -OCH3 is 1. The molecular formula is C18H26FN3O4S. The first-order chi connectivity index (χ1) is 12.7. The molecule has 0 aromatic heterocycles. The number of rotatable bonds is 5. The SMILES string of the molecule is COc1ccc(F)c(CN2CCC[C@@]3(CCN(S(=O)(=O)N(C)C)C3)C2=O)c1. The molecule has 1 aromatic rings. The van der Waals surface area contributed by atoms with Gasteiger partial charge in [0.2, 0.25) is 5.91 Å². The van der Waals surface area contributed by atoms with Gasteiger partial charge >= 0.3 is 0 Å². The smallest absolute Gasteiger partial charge is 0.281 e. The molecule has 0 unspecified atom stereocenters. The van der Waals surface area contributed by atoms with Crippen LogP contribution in [0.25, 0.3) is 0 Å². The monoisotopic (exact) mass is 399 g/mol. The molecule has 2 fully saturated rings. The number of benzene rings is 1.